The highest BCUT2D eigenvalue weighted by atomic mass is 35.5. The zero-order valence-corrected chi connectivity index (χ0v) is 28.7. The summed E-state index contributed by atoms with van der Waals surface area (Å²) in [5, 5.41) is 9.75. The number of anilines is 3. The monoisotopic (exact) mass is 689 g/mol. The molecular formula is C30H44ClN11O6. The molecule has 0 spiro atoms. The second kappa shape index (κ2) is 17.7. The molecule has 48 heavy (non-hydrogen) atoms. The van der Waals surface area contributed by atoms with Crippen LogP contribution in [0, 0.1) is 0 Å². The van der Waals surface area contributed by atoms with Crippen molar-refractivity contribution in [3.05, 3.63) is 40.7 Å². The number of aliphatic imine (C=N–C) groups is 2. The number of ether oxygens (including phenoxy) is 2. The fourth-order valence-corrected chi connectivity index (χ4v) is 3.75. The molecule has 1 aromatic heterocycles. The van der Waals surface area contributed by atoms with E-state index in [-0.39, 0.29) is 53.3 Å². The Bertz CT molecular complexity index is 1480. The van der Waals surface area contributed by atoms with Crippen LogP contribution in [0.4, 0.5) is 26.9 Å². The van der Waals surface area contributed by atoms with Gasteiger partial charge in [0.1, 0.15) is 11.2 Å². The summed E-state index contributed by atoms with van der Waals surface area (Å²) in [6.07, 6.45) is 0.543. The third kappa shape index (κ3) is 15.4. The first-order valence-corrected chi connectivity index (χ1v) is 15.3. The first-order valence-electron chi connectivity index (χ1n) is 14.9. The number of hydrogen-bond donors (Lipinski definition) is 7. The van der Waals surface area contributed by atoms with E-state index in [1.54, 1.807) is 53.7 Å². The van der Waals surface area contributed by atoms with E-state index >= 15 is 0 Å². The Morgan fingerprint density at radius 3 is 1.96 bits per heavy atom. The van der Waals surface area contributed by atoms with Crippen LogP contribution in [0.25, 0.3) is 0 Å². The Morgan fingerprint density at radius 2 is 1.40 bits per heavy atom. The number of alkyl carbamates (subject to hydrolysis) is 2. The van der Waals surface area contributed by atoms with Gasteiger partial charge in [0.25, 0.3) is 5.91 Å². The van der Waals surface area contributed by atoms with Gasteiger partial charge in [0.15, 0.2) is 28.4 Å². The number of nitrogen functional groups attached to an aromatic ring is 2. The number of nitrogens with two attached hydrogens (primary N) is 3. The second-order valence-corrected chi connectivity index (χ2v) is 12.6. The SMILES string of the molecule is CC(C)(C)OC(=O)NC(=NCCC(=O)Nc1ccc(CCCCN=C(N)NC(=O)c2nc(Cl)c(N)nc2N)cc1)NC(=O)OC(C)(C)C. The summed E-state index contributed by atoms with van der Waals surface area (Å²) in [7, 11) is 0. The van der Waals surface area contributed by atoms with E-state index in [4.69, 9.17) is 38.3 Å². The molecule has 0 fully saturated rings. The van der Waals surface area contributed by atoms with Gasteiger partial charge < -0.3 is 32.0 Å². The van der Waals surface area contributed by atoms with E-state index in [9.17, 15) is 19.2 Å². The molecular weight excluding hydrogens is 646 g/mol. The quantitative estimate of drug-likeness (QED) is 0.108. The lowest BCUT2D eigenvalue weighted by atomic mass is 10.1. The Kier molecular flexibility index (Phi) is 14.3. The van der Waals surface area contributed by atoms with Crippen LogP contribution < -0.4 is 38.5 Å². The van der Waals surface area contributed by atoms with Crippen LogP contribution in [-0.4, -0.2) is 70.2 Å². The number of carbonyl (C=O) groups is 4. The molecule has 0 bridgehead atoms. The Morgan fingerprint density at radius 1 is 0.812 bits per heavy atom. The number of benzene rings is 1. The topological polar surface area (TPSA) is 263 Å². The highest BCUT2D eigenvalue weighted by Crippen LogP contribution is 2.17. The molecule has 18 heteroatoms. The summed E-state index contributed by atoms with van der Waals surface area (Å²) in [6, 6.07) is 7.34. The minimum atomic E-state index is -0.828. The maximum Gasteiger partial charge on any atom is 0.414 e. The Balaban J connectivity index is 1.80. The predicted octanol–water partition coefficient (Wildman–Crippen LogP) is 3.10. The molecule has 10 N–H and O–H groups in total. The van der Waals surface area contributed by atoms with E-state index in [0.29, 0.717) is 18.7 Å². The summed E-state index contributed by atoms with van der Waals surface area (Å²) in [4.78, 5) is 65.1. The van der Waals surface area contributed by atoms with Crippen molar-refractivity contribution >= 4 is 64.8 Å². The number of aryl methyl sites for hydroxylation is 1. The van der Waals surface area contributed by atoms with Gasteiger partial charge in [-0.2, -0.15) is 0 Å². The average Bonchev–Trinajstić information content (AvgIpc) is 2.93. The molecule has 1 heterocycles. The summed E-state index contributed by atoms with van der Waals surface area (Å²) in [6.45, 7) is 10.5. The van der Waals surface area contributed by atoms with Gasteiger partial charge in [-0.3, -0.25) is 35.5 Å². The molecule has 0 saturated heterocycles. The number of guanidine groups is 2. The molecule has 2 rings (SSSR count). The van der Waals surface area contributed by atoms with Gasteiger partial charge >= 0.3 is 12.2 Å². The summed E-state index contributed by atoms with van der Waals surface area (Å²) in [5.41, 5.74) is 16.8. The van der Waals surface area contributed by atoms with Gasteiger partial charge in [-0.25, -0.2) is 19.6 Å². The fourth-order valence-electron chi connectivity index (χ4n) is 3.62. The molecule has 262 valence electrons. The lowest BCUT2D eigenvalue weighted by Gasteiger charge is -2.22. The minimum absolute atomic E-state index is 0.0319. The first kappa shape index (κ1) is 39.0. The first-order chi connectivity index (χ1) is 22.3. The van der Waals surface area contributed by atoms with Gasteiger partial charge in [0.2, 0.25) is 11.9 Å². The molecule has 0 unspecified atom stereocenters. The van der Waals surface area contributed by atoms with Gasteiger partial charge in [-0.1, -0.05) is 23.7 Å². The van der Waals surface area contributed by atoms with Crippen LogP contribution >= 0.6 is 11.6 Å². The highest BCUT2D eigenvalue weighted by molar-refractivity contribution is 6.31. The van der Waals surface area contributed by atoms with Crippen LogP contribution in [0.15, 0.2) is 34.3 Å². The number of nitrogens with zero attached hydrogens (tertiary/aromatic N) is 4. The lowest BCUT2D eigenvalue weighted by Crippen LogP contribution is -2.47. The van der Waals surface area contributed by atoms with E-state index in [2.05, 4.69) is 41.2 Å². The smallest absolute Gasteiger partial charge is 0.414 e. The minimum Gasteiger partial charge on any atom is -0.444 e. The van der Waals surface area contributed by atoms with Crippen LogP contribution in [0.5, 0.6) is 0 Å². The van der Waals surface area contributed by atoms with Gasteiger partial charge in [0.05, 0.1) is 6.54 Å². The number of carbonyl (C=O) groups excluding carboxylic acids is 4. The second-order valence-electron chi connectivity index (χ2n) is 12.3. The van der Waals surface area contributed by atoms with Crippen molar-refractivity contribution in [3.63, 3.8) is 0 Å². The molecule has 2 aromatic rings. The molecule has 0 saturated carbocycles. The van der Waals surface area contributed by atoms with E-state index in [0.717, 1.165) is 18.4 Å². The van der Waals surface area contributed by atoms with Crippen molar-refractivity contribution in [2.75, 3.05) is 29.9 Å². The van der Waals surface area contributed by atoms with E-state index in [1.807, 2.05) is 12.1 Å². The molecule has 0 atom stereocenters. The fraction of sp³-hybridized carbons (Fsp3) is 0.467. The van der Waals surface area contributed by atoms with Crippen molar-refractivity contribution in [3.8, 4) is 0 Å². The van der Waals surface area contributed by atoms with Crippen LogP contribution in [-0.2, 0) is 20.7 Å². The van der Waals surface area contributed by atoms with Crippen LogP contribution in [0.2, 0.25) is 5.15 Å². The number of rotatable bonds is 10. The molecule has 17 nitrogen and oxygen atoms in total. The summed E-state index contributed by atoms with van der Waals surface area (Å²) in [5.74, 6) is -1.62. The van der Waals surface area contributed by atoms with Gasteiger partial charge in [-0.05, 0) is 78.5 Å². The Hall–Kier alpha value is -5.19. The molecule has 4 amide bonds. The summed E-state index contributed by atoms with van der Waals surface area (Å²) >= 11 is 5.80. The van der Waals surface area contributed by atoms with Crippen molar-refractivity contribution in [1.82, 2.24) is 25.9 Å². The molecule has 0 radical (unpaired) electrons. The predicted molar refractivity (Wildman–Crippen MR) is 183 cm³/mol. The number of halogens is 1. The van der Waals surface area contributed by atoms with Crippen molar-refractivity contribution in [1.29, 1.82) is 0 Å². The van der Waals surface area contributed by atoms with Crippen LogP contribution in [0.1, 0.15) is 76.9 Å². The van der Waals surface area contributed by atoms with Gasteiger partial charge in [0, 0.05) is 18.7 Å². The Labute approximate surface area is 283 Å². The van der Waals surface area contributed by atoms with Crippen LogP contribution in [0.3, 0.4) is 0 Å². The highest BCUT2D eigenvalue weighted by Gasteiger charge is 2.21. The molecule has 0 aliphatic heterocycles. The maximum absolute atomic E-state index is 12.5. The standard InChI is InChI=1S/C30H44ClN11O6/c1-29(2,3)47-27(45)41-26(42-28(46)48-30(4,5)6)36-16-14-19(43)37-18-12-10-17(11-13-18)9-7-8-15-35-25(34)40-24(44)20-22(32)39-23(33)21(31)38-20/h10-13H,7-9,14-16H2,1-6H3,(H,37,43)(H4,32,33,39)(H3,34,35,40,44)(H2,36,41,42,45,46). The number of amides is 4. The molecule has 1 aromatic carbocycles. The normalized spacial score (nSPS) is 11.6. The van der Waals surface area contributed by atoms with Gasteiger partial charge in [-0.15, -0.1) is 0 Å². The van der Waals surface area contributed by atoms with E-state index < -0.39 is 29.3 Å². The zero-order valence-electron chi connectivity index (χ0n) is 27.9. The zero-order chi connectivity index (χ0) is 36.1. The maximum atomic E-state index is 12.5. The third-order valence-corrected chi connectivity index (χ3v) is 5.88. The third-order valence-electron chi connectivity index (χ3n) is 5.60. The lowest BCUT2D eigenvalue weighted by molar-refractivity contribution is -0.116. The van der Waals surface area contributed by atoms with Crippen molar-refractivity contribution < 1.29 is 28.7 Å². The molecule has 0 aliphatic rings. The largest absolute Gasteiger partial charge is 0.444 e. The summed E-state index contributed by atoms with van der Waals surface area (Å²) < 4.78 is 10.4. The van der Waals surface area contributed by atoms with E-state index in [1.165, 1.54) is 0 Å². The number of nitrogens with one attached hydrogen (secondary N) is 4. The van der Waals surface area contributed by atoms with Crippen molar-refractivity contribution in [2.45, 2.75) is 78.4 Å². The number of hydrogen-bond acceptors (Lipinski definition) is 12. The average molecular weight is 690 g/mol. The molecule has 0 aliphatic carbocycles. The number of unbranched alkanes of at least 4 members (excludes halogenated alkanes) is 1. The number of aromatic nitrogens is 2. The van der Waals surface area contributed by atoms with Crippen molar-refractivity contribution in [2.24, 2.45) is 15.7 Å².